The highest BCUT2D eigenvalue weighted by Gasteiger charge is 2.90. The van der Waals surface area contributed by atoms with E-state index in [0.717, 1.165) is 12.1 Å². The molecule has 0 saturated carbocycles. The molecule has 0 spiro atoms. The lowest BCUT2D eigenvalue weighted by Crippen LogP contribution is -2.69. The summed E-state index contributed by atoms with van der Waals surface area (Å²) in [5.41, 5.74) is -3.38. The Morgan fingerprint density at radius 2 is 1.26 bits per heavy atom. The summed E-state index contributed by atoms with van der Waals surface area (Å²) in [6.45, 7) is 3.31. The summed E-state index contributed by atoms with van der Waals surface area (Å²) >= 11 is 0. The van der Waals surface area contributed by atoms with Crippen LogP contribution >= 0.6 is 0 Å². The molecule has 1 rings (SSSR count). The largest absolute Gasteiger partial charge is 0.460 e. The predicted molar refractivity (Wildman–Crippen MR) is 81.6 cm³/mol. The molecule has 0 N–H and O–H groups in total. The average molecular weight is 480 g/mol. The molecule has 31 heavy (non-hydrogen) atoms. The molecule has 0 heterocycles. The summed E-state index contributed by atoms with van der Waals surface area (Å²) in [5, 5.41) is 0. The van der Waals surface area contributed by atoms with E-state index < -0.39 is 59.1 Å². The molecule has 0 amide bonds. The van der Waals surface area contributed by atoms with Gasteiger partial charge >= 0.3 is 35.8 Å². The molecule has 0 radical (unpaired) electrons. The maximum Gasteiger partial charge on any atom is 0.460 e. The second kappa shape index (κ2) is 8.17. The van der Waals surface area contributed by atoms with Gasteiger partial charge in [0.2, 0.25) is 0 Å². The van der Waals surface area contributed by atoms with E-state index >= 15 is 0 Å². The van der Waals surface area contributed by atoms with Crippen molar-refractivity contribution in [2.45, 2.75) is 49.3 Å². The minimum Gasteiger partial charge on any atom is -0.377 e. The second-order valence-electron chi connectivity index (χ2n) is 6.08. The van der Waals surface area contributed by atoms with Crippen LogP contribution in [0.15, 0.2) is 24.8 Å². The molecule has 0 bridgehead atoms. The van der Waals surface area contributed by atoms with E-state index in [9.17, 15) is 57.1 Å². The summed E-state index contributed by atoms with van der Waals surface area (Å²) < 4.78 is 178. The Labute approximate surface area is 166 Å². The van der Waals surface area contributed by atoms with Gasteiger partial charge in [-0.25, -0.2) is 0 Å². The van der Waals surface area contributed by atoms with Crippen LogP contribution in [0.5, 0.6) is 0 Å². The Morgan fingerprint density at radius 3 is 1.68 bits per heavy atom. The smallest absolute Gasteiger partial charge is 0.377 e. The van der Waals surface area contributed by atoms with Crippen LogP contribution in [0.4, 0.5) is 57.1 Å². The molecule has 0 aliphatic rings. The minimum absolute atomic E-state index is 0.0887. The van der Waals surface area contributed by atoms with Crippen LogP contribution in [0.2, 0.25) is 0 Å². The van der Waals surface area contributed by atoms with E-state index in [0.29, 0.717) is 6.07 Å². The second-order valence-corrected chi connectivity index (χ2v) is 6.08. The SMILES string of the molecule is C=Cc1cccc(C(F)(F)C(F)(F)C(F)(F)C(F)(F)C(F)(F)C(F)(F)F)c1COCC. The first-order chi connectivity index (χ1) is 13.8. The molecule has 0 fully saturated rings. The van der Waals surface area contributed by atoms with Gasteiger partial charge < -0.3 is 4.74 Å². The normalized spacial score (nSPS) is 14.6. The lowest BCUT2D eigenvalue weighted by molar-refractivity contribution is -0.441. The Balaban J connectivity index is 3.74. The summed E-state index contributed by atoms with van der Waals surface area (Å²) in [4.78, 5) is 0. The molecular weight excluding hydrogens is 467 g/mol. The molecule has 0 saturated heterocycles. The molecule has 0 unspecified atom stereocenters. The maximum atomic E-state index is 14.5. The summed E-state index contributed by atoms with van der Waals surface area (Å²) in [7, 11) is 0. The monoisotopic (exact) mass is 480 g/mol. The number of rotatable bonds is 9. The van der Waals surface area contributed by atoms with Crippen LogP contribution in [-0.4, -0.2) is 36.5 Å². The van der Waals surface area contributed by atoms with Crippen LogP contribution in [0.3, 0.4) is 0 Å². The van der Waals surface area contributed by atoms with Gasteiger partial charge in [-0.05, 0) is 18.1 Å². The minimum atomic E-state index is -7.94. The highest BCUT2D eigenvalue weighted by Crippen LogP contribution is 2.62. The van der Waals surface area contributed by atoms with E-state index in [-0.39, 0.29) is 12.7 Å². The fourth-order valence-electron chi connectivity index (χ4n) is 2.39. The fraction of sp³-hybridized carbons (Fsp3) is 0.529. The number of benzene rings is 1. The molecule has 0 aromatic heterocycles. The van der Waals surface area contributed by atoms with Crippen molar-refractivity contribution in [2.75, 3.05) is 6.61 Å². The van der Waals surface area contributed by atoms with Gasteiger partial charge in [0.15, 0.2) is 0 Å². The zero-order chi connectivity index (χ0) is 24.7. The highest BCUT2D eigenvalue weighted by molar-refractivity contribution is 5.55. The highest BCUT2D eigenvalue weighted by atomic mass is 19.4. The first kappa shape index (κ1) is 27.0. The third-order valence-electron chi connectivity index (χ3n) is 4.15. The van der Waals surface area contributed by atoms with Crippen LogP contribution < -0.4 is 0 Å². The van der Waals surface area contributed by atoms with E-state index in [2.05, 4.69) is 6.58 Å². The number of ether oxygens (including phenoxy) is 1. The third kappa shape index (κ3) is 3.98. The lowest BCUT2D eigenvalue weighted by atomic mass is 9.87. The van der Waals surface area contributed by atoms with Gasteiger partial charge in [-0.2, -0.15) is 57.1 Å². The van der Waals surface area contributed by atoms with Gasteiger partial charge in [-0.15, -0.1) is 0 Å². The van der Waals surface area contributed by atoms with E-state index in [1.54, 1.807) is 0 Å². The van der Waals surface area contributed by atoms with Crippen molar-refractivity contribution in [2.24, 2.45) is 0 Å². The molecule has 14 heteroatoms. The van der Waals surface area contributed by atoms with E-state index in [4.69, 9.17) is 4.74 Å². The van der Waals surface area contributed by atoms with Gasteiger partial charge in [-0.1, -0.05) is 30.9 Å². The Bertz CT molecular complexity index is 796. The number of hydrogen-bond acceptors (Lipinski definition) is 1. The van der Waals surface area contributed by atoms with Crippen LogP contribution in [0.25, 0.3) is 6.08 Å². The van der Waals surface area contributed by atoms with E-state index in [1.165, 1.54) is 6.92 Å². The maximum absolute atomic E-state index is 14.5. The van der Waals surface area contributed by atoms with Gasteiger partial charge in [-0.3, -0.25) is 0 Å². The van der Waals surface area contributed by atoms with Gasteiger partial charge in [0.05, 0.1) is 6.61 Å². The molecular formula is C17H13F13O. The van der Waals surface area contributed by atoms with Crippen molar-refractivity contribution in [3.63, 3.8) is 0 Å². The molecule has 0 aliphatic heterocycles. The van der Waals surface area contributed by atoms with Crippen molar-refractivity contribution in [3.8, 4) is 0 Å². The topological polar surface area (TPSA) is 9.23 Å². The Kier molecular flexibility index (Phi) is 7.13. The zero-order valence-corrected chi connectivity index (χ0v) is 15.3. The van der Waals surface area contributed by atoms with Crippen molar-refractivity contribution in [3.05, 3.63) is 41.5 Å². The number of hydrogen-bond donors (Lipinski definition) is 0. The van der Waals surface area contributed by atoms with Crippen LogP contribution in [0, 0.1) is 0 Å². The van der Waals surface area contributed by atoms with Crippen molar-refractivity contribution < 1.29 is 61.8 Å². The predicted octanol–water partition coefficient (Wildman–Crippen LogP) is 7.06. The summed E-state index contributed by atoms with van der Waals surface area (Å²) in [6.07, 6.45) is -6.66. The molecule has 178 valence electrons. The Morgan fingerprint density at radius 1 is 0.774 bits per heavy atom. The van der Waals surface area contributed by atoms with Gasteiger partial charge in [0.1, 0.15) is 0 Å². The lowest BCUT2D eigenvalue weighted by Gasteiger charge is -2.40. The third-order valence-corrected chi connectivity index (χ3v) is 4.15. The molecule has 1 nitrogen and oxygen atoms in total. The fourth-order valence-corrected chi connectivity index (χ4v) is 2.39. The van der Waals surface area contributed by atoms with Crippen molar-refractivity contribution in [1.29, 1.82) is 0 Å². The molecule has 1 aromatic rings. The first-order valence-electron chi connectivity index (χ1n) is 8.04. The number of alkyl halides is 13. The molecule has 0 atom stereocenters. The van der Waals surface area contributed by atoms with Crippen molar-refractivity contribution >= 4 is 6.08 Å². The van der Waals surface area contributed by atoms with Crippen molar-refractivity contribution in [1.82, 2.24) is 0 Å². The molecule has 1 aromatic carbocycles. The van der Waals surface area contributed by atoms with Gasteiger partial charge in [0.25, 0.3) is 0 Å². The summed E-state index contributed by atoms with van der Waals surface area (Å²) in [5.74, 6) is -37.3. The molecule has 0 aliphatic carbocycles. The van der Waals surface area contributed by atoms with Crippen LogP contribution in [0.1, 0.15) is 23.6 Å². The Hall–Kier alpha value is -1.99. The van der Waals surface area contributed by atoms with E-state index in [1.807, 2.05) is 0 Å². The van der Waals surface area contributed by atoms with Gasteiger partial charge in [0, 0.05) is 12.2 Å². The quantitative estimate of drug-likeness (QED) is 0.344. The first-order valence-corrected chi connectivity index (χ1v) is 8.04. The number of halogens is 13. The standard InChI is InChI=1S/C17H13F13O/c1-3-9-6-5-7-11(10(9)8-31-4-2)12(18,19)13(20,21)14(22,23)15(24,25)16(26,27)17(28,29)30/h3,5-7H,1,4,8H2,2H3. The zero-order valence-electron chi connectivity index (χ0n) is 15.3. The van der Waals surface area contributed by atoms with Crippen LogP contribution in [-0.2, 0) is 17.3 Å². The average Bonchev–Trinajstić information content (AvgIpc) is 2.64. The summed E-state index contributed by atoms with van der Waals surface area (Å²) in [6, 6.07) is 1.67.